The molecule has 0 saturated carbocycles. The van der Waals surface area contributed by atoms with Crippen molar-refractivity contribution in [2.75, 3.05) is 6.61 Å². The third kappa shape index (κ3) is 4.62. The van der Waals surface area contributed by atoms with Crippen molar-refractivity contribution in [1.29, 1.82) is 0 Å². The molecule has 2 amide bonds. The van der Waals surface area contributed by atoms with Gasteiger partial charge in [-0.1, -0.05) is 60.7 Å². The number of nitrogens with one attached hydrogen (secondary N) is 1. The zero-order chi connectivity index (χ0) is 24.2. The lowest BCUT2D eigenvalue weighted by molar-refractivity contribution is -0.143. The summed E-state index contributed by atoms with van der Waals surface area (Å²) in [5.74, 6) is 0.177. The molecule has 176 valence electrons. The minimum absolute atomic E-state index is 0.275. The van der Waals surface area contributed by atoms with Crippen molar-refractivity contribution in [2.45, 2.75) is 46.4 Å². The minimum Gasteiger partial charge on any atom is -0.493 e. The Labute approximate surface area is 200 Å². The molecule has 1 aliphatic rings. The second-order valence-electron chi connectivity index (χ2n) is 8.54. The summed E-state index contributed by atoms with van der Waals surface area (Å²) in [5, 5.41) is 4.99. The predicted molar refractivity (Wildman–Crippen MR) is 132 cm³/mol. The smallest absolute Gasteiger partial charge is 0.338 e. The molecule has 0 aromatic heterocycles. The van der Waals surface area contributed by atoms with Gasteiger partial charge in [0.05, 0.1) is 30.9 Å². The minimum atomic E-state index is -0.710. The van der Waals surface area contributed by atoms with Gasteiger partial charge in [-0.05, 0) is 50.1 Å². The molecule has 1 N–H and O–H groups in total. The number of fused-ring (bicyclic) bond motifs is 1. The van der Waals surface area contributed by atoms with E-state index < -0.39 is 12.0 Å². The highest BCUT2D eigenvalue weighted by Crippen LogP contribution is 2.40. The van der Waals surface area contributed by atoms with Gasteiger partial charge in [-0.15, -0.1) is 0 Å². The molecule has 1 heterocycles. The summed E-state index contributed by atoms with van der Waals surface area (Å²) in [5.41, 5.74) is 2.69. The van der Waals surface area contributed by atoms with E-state index in [0.29, 0.717) is 30.2 Å². The number of carbonyl (C=O) groups excluding carboxylic acids is 2. The summed E-state index contributed by atoms with van der Waals surface area (Å²) in [7, 11) is 0. The maximum atomic E-state index is 13.4. The molecule has 0 unspecified atom stereocenters. The molecule has 0 bridgehead atoms. The van der Waals surface area contributed by atoms with E-state index in [1.54, 1.807) is 11.8 Å². The Morgan fingerprint density at radius 3 is 2.44 bits per heavy atom. The summed E-state index contributed by atoms with van der Waals surface area (Å²) in [4.78, 5) is 28.4. The summed E-state index contributed by atoms with van der Waals surface area (Å²) < 4.78 is 11.6. The van der Waals surface area contributed by atoms with E-state index in [1.807, 2.05) is 87.5 Å². The number of esters is 1. The maximum Gasteiger partial charge on any atom is 0.338 e. The number of allylic oxidation sites excluding steroid dienone is 1. The number of urea groups is 1. The van der Waals surface area contributed by atoms with Gasteiger partial charge in [-0.25, -0.2) is 9.59 Å². The Hall–Kier alpha value is -3.80. The first-order chi connectivity index (χ1) is 16.4. The molecule has 3 aromatic rings. The van der Waals surface area contributed by atoms with Crippen LogP contribution < -0.4 is 10.1 Å². The third-order valence-electron chi connectivity index (χ3n) is 5.86. The Morgan fingerprint density at radius 2 is 1.74 bits per heavy atom. The lowest BCUT2D eigenvalue weighted by Crippen LogP contribution is -2.48. The Balaban J connectivity index is 1.89. The number of hydrogen-bond acceptors (Lipinski definition) is 4. The van der Waals surface area contributed by atoms with Gasteiger partial charge in [0.25, 0.3) is 0 Å². The number of amides is 2. The van der Waals surface area contributed by atoms with Gasteiger partial charge >= 0.3 is 12.0 Å². The summed E-state index contributed by atoms with van der Waals surface area (Å²) in [6.45, 7) is 8.15. The summed E-state index contributed by atoms with van der Waals surface area (Å²) in [6.07, 6.45) is -0.299. The van der Waals surface area contributed by atoms with Crippen molar-refractivity contribution in [3.63, 3.8) is 0 Å². The zero-order valence-electron chi connectivity index (χ0n) is 20.0. The van der Waals surface area contributed by atoms with Crippen LogP contribution in [0.3, 0.4) is 0 Å². The van der Waals surface area contributed by atoms with Gasteiger partial charge in [-0.3, -0.25) is 4.90 Å². The van der Waals surface area contributed by atoms with Crippen LogP contribution in [-0.2, 0) is 16.1 Å². The molecular formula is C28H30N2O4. The van der Waals surface area contributed by atoms with E-state index in [0.717, 1.165) is 21.9 Å². The van der Waals surface area contributed by atoms with Crippen molar-refractivity contribution < 1.29 is 19.1 Å². The fourth-order valence-electron chi connectivity index (χ4n) is 4.35. The number of ether oxygens (including phenoxy) is 2. The standard InChI is InChI=1S/C28H30N2O4/c1-5-33-23-16-15-21-13-9-10-14-22(21)25(23)26-24(27(31)34-18(2)3)19(4)30(28(32)29-26)17-20-11-7-6-8-12-20/h6-16,18,26H,5,17H2,1-4H3,(H,29,32)/t26-/m1/s1. The molecule has 0 aliphatic carbocycles. The van der Waals surface area contributed by atoms with E-state index in [1.165, 1.54) is 0 Å². The molecule has 4 rings (SSSR count). The third-order valence-corrected chi connectivity index (χ3v) is 5.86. The number of hydrogen-bond donors (Lipinski definition) is 1. The van der Waals surface area contributed by atoms with E-state index in [2.05, 4.69) is 5.32 Å². The van der Waals surface area contributed by atoms with E-state index in [9.17, 15) is 9.59 Å². The van der Waals surface area contributed by atoms with E-state index in [-0.39, 0.29) is 12.1 Å². The van der Waals surface area contributed by atoms with Gasteiger partial charge in [0, 0.05) is 11.3 Å². The molecule has 3 aromatic carbocycles. The van der Waals surface area contributed by atoms with E-state index in [4.69, 9.17) is 9.47 Å². The highest BCUT2D eigenvalue weighted by molar-refractivity contribution is 5.98. The van der Waals surface area contributed by atoms with Crippen molar-refractivity contribution in [2.24, 2.45) is 0 Å². The number of rotatable bonds is 7. The SMILES string of the molecule is CCOc1ccc2ccccc2c1[C@@H]1NC(=O)N(Cc2ccccc2)C(C)=C1C(=O)OC(C)C. The molecular weight excluding hydrogens is 428 g/mol. The molecule has 0 spiro atoms. The molecule has 1 atom stereocenters. The summed E-state index contributed by atoms with van der Waals surface area (Å²) in [6, 6.07) is 20.5. The fourth-order valence-corrected chi connectivity index (χ4v) is 4.35. The largest absolute Gasteiger partial charge is 0.493 e. The van der Waals surface area contributed by atoms with Crippen LogP contribution in [0.5, 0.6) is 5.75 Å². The van der Waals surface area contributed by atoms with Gasteiger partial charge in [0.15, 0.2) is 0 Å². The highest BCUT2D eigenvalue weighted by Gasteiger charge is 2.38. The van der Waals surface area contributed by atoms with Crippen LogP contribution in [0.15, 0.2) is 78.0 Å². The van der Waals surface area contributed by atoms with Crippen molar-refractivity contribution >= 4 is 22.8 Å². The van der Waals surface area contributed by atoms with Gasteiger partial charge < -0.3 is 14.8 Å². The lowest BCUT2D eigenvalue weighted by Gasteiger charge is -2.36. The average Bonchev–Trinajstić information content (AvgIpc) is 2.81. The molecule has 6 heteroatoms. The molecule has 0 radical (unpaired) electrons. The summed E-state index contributed by atoms with van der Waals surface area (Å²) >= 11 is 0. The van der Waals surface area contributed by atoms with Crippen LogP contribution in [0, 0.1) is 0 Å². The van der Waals surface area contributed by atoms with Crippen LogP contribution >= 0.6 is 0 Å². The first kappa shape index (κ1) is 23.4. The number of nitrogens with zero attached hydrogens (tertiary/aromatic N) is 1. The average molecular weight is 459 g/mol. The maximum absolute atomic E-state index is 13.4. The Morgan fingerprint density at radius 1 is 1.03 bits per heavy atom. The Kier molecular flexibility index (Phi) is 6.87. The zero-order valence-corrected chi connectivity index (χ0v) is 20.0. The molecule has 0 saturated heterocycles. The number of benzene rings is 3. The first-order valence-corrected chi connectivity index (χ1v) is 11.6. The normalized spacial score (nSPS) is 16.1. The molecule has 0 fully saturated rings. The van der Waals surface area contributed by atoms with Crippen LogP contribution in [0.4, 0.5) is 4.79 Å². The topological polar surface area (TPSA) is 67.9 Å². The van der Waals surface area contributed by atoms with Crippen LogP contribution in [0.2, 0.25) is 0 Å². The fraction of sp³-hybridized carbons (Fsp3) is 0.286. The van der Waals surface area contributed by atoms with Gasteiger partial charge in [0.1, 0.15) is 5.75 Å². The molecule has 6 nitrogen and oxygen atoms in total. The van der Waals surface area contributed by atoms with E-state index >= 15 is 0 Å². The van der Waals surface area contributed by atoms with Crippen LogP contribution in [0.25, 0.3) is 10.8 Å². The quantitative estimate of drug-likeness (QED) is 0.459. The molecule has 34 heavy (non-hydrogen) atoms. The van der Waals surface area contributed by atoms with Gasteiger partial charge in [-0.2, -0.15) is 0 Å². The van der Waals surface area contributed by atoms with Crippen molar-refractivity contribution in [3.8, 4) is 5.75 Å². The first-order valence-electron chi connectivity index (χ1n) is 11.6. The highest BCUT2D eigenvalue weighted by atomic mass is 16.5. The van der Waals surface area contributed by atoms with Crippen LogP contribution in [-0.4, -0.2) is 29.6 Å². The predicted octanol–water partition coefficient (Wildman–Crippen LogP) is 5.73. The Bertz CT molecular complexity index is 1230. The van der Waals surface area contributed by atoms with Crippen LogP contribution in [0.1, 0.15) is 44.9 Å². The van der Waals surface area contributed by atoms with Crippen molar-refractivity contribution in [1.82, 2.24) is 10.2 Å². The monoisotopic (exact) mass is 458 g/mol. The van der Waals surface area contributed by atoms with Gasteiger partial charge in [0.2, 0.25) is 0 Å². The molecule has 1 aliphatic heterocycles. The second-order valence-corrected chi connectivity index (χ2v) is 8.54. The van der Waals surface area contributed by atoms with Crippen molar-refractivity contribution in [3.05, 3.63) is 89.1 Å². The lowest BCUT2D eigenvalue weighted by atomic mass is 9.90. The second kappa shape index (κ2) is 10.00. The number of carbonyl (C=O) groups is 2.